The number of hydrogen-bond acceptors (Lipinski definition) is 7. The van der Waals surface area contributed by atoms with Gasteiger partial charge >= 0.3 is 0 Å². The number of β-amino-alcohol motifs (C(OH)–C–C–N with tert-alkyl or cyclic N) is 1. The van der Waals surface area contributed by atoms with E-state index in [4.69, 9.17) is 9.72 Å². The van der Waals surface area contributed by atoms with E-state index in [1.54, 1.807) is 6.20 Å². The normalized spacial score (nSPS) is 19.9. The van der Waals surface area contributed by atoms with Crippen molar-refractivity contribution in [1.82, 2.24) is 14.4 Å². The van der Waals surface area contributed by atoms with E-state index in [0.717, 1.165) is 65.6 Å². The van der Waals surface area contributed by atoms with E-state index in [2.05, 4.69) is 38.7 Å². The molecule has 1 unspecified atom stereocenters. The summed E-state index contributed by atoms with van der Waals surface area (Å²) in [5.41, 5.74) is 5.00. The number of piperidine rings is 1. The van der Waals surface area contributed by atoms with Crippen molar-refractivity contribution >= 4 is 28.5 Å². The molecule has 0 saturated carbocycles. The molecule has 1 saturated heterocycles. The van der Waals surface area contributed by atoms with Crippen molar-refractivity contribution in [3.63, 3.8) is 0 Å². The van der Waals surface area contributed by atoms with Gasteiger partial charge in [0, 0.05) is 55.2 Å². The van der Waals surface area contributed by atoms with Gasteiger partial charge in [-0.15, -0.1) is 0 Å². The standard InChI is InChI=1S/C26H28N6O2/c1-26(33)9-2-12-32(17-26)20-6-4-19(5-7-20)29-24-25-28-10-13-31(25)16-22(30-24)18-3-8-23-21(15-18)27-11-14-34-23/h3-8,10,13,15-16,27,33H,2,9,11-12,14,17H2,1H3,(H,29,30). The van der Waals surface area contributed by atoms with Gasteiger partial charge in [0.2, 0.25) is 0 Å². The third-order valence-corrected chi connectivity index (χ3v) is 6.49. The molecular formula is C26H28N6O2. The summed E-state index contributed by atoms with van der Waals surface area (Å²) in [6.07, 6.45) is 7.53. The average Bonchev–Trinajstić information content (AvgIpc) is 3.33. The lowest BCUT2D eigenvalue weighted by Crippen LogP contribution is -2.46. The minimum atomic E-state index is -0.635. The van der Waals surface area contributed by atoms with E-state index >= 15 is 0 Å². The summed E-state index contributed by atoms with van der Waals surface area (Å²) in [5.74, 6) is 1.56. The SMILES string of the molecule is CC1(O)CCCN(c2ccc(Nc3nc(-c4ccc5c(c4)NCCO5)cn4ccnc34)cc2)C1. The zero-order chi connectivity index (χ0) is 23.1. The average molecular weight is 457 g/mol. The van der Waals surface area contributed by atoms with E-state index in [9.17, 15) is 5.11 Å². The van der Waals surface area contributed by atoms with Crippen LogP contribution in [-0.4, -0.2) is 51.3 Å². The van der Waals surface area contributed by atoms with Crippen molar-refractivity contribution in [2.45, 2.75) is 25.4 Å². The summed E-state index contributed by atoms with van der Waals surface area (Å²) in [7, 11) is 0. The van der Waals surface area contributed by atoms with Crippen LogP contribution in [0.5, 0.6) is 5.75 Å². The van der Waals surface area contributed by atoms with Gasteiger partial charge in [-0.2, -0.15) is 0 Å². The Morgan fingerprint density at radius 1 is 1.18 bits per heavy atom. The number of aliphatic hydroxyl groups is 1. The van der Waals surface area contributed by atoms with Gasteiger partial charge in [-0.3, -0.25) is 0 Å². The Morgan fingerprint density at radius 2 is 2.06 bits per heavy atom. The van der Waals surface area contributed by atoms with Gasteiger partial charge in [0.05, 0.1) is 17.0 Å². The van der Waals surface area contributed by atoms with Gasteiger partial charge < -0.3 is 29.8 Å². The fourth-order valence-corrected chi connectivity index (χ4v) is 4.79. The van der Waals surface area contributed by atoms with Crippen LogP contribution in [0.2, 0.25) is 0 Å². The fraction of sp³-hybridized carbons (Fsp3) is 0.308. The monoisotopic (exact) mass is 456 g/mol. The first-order valence-electron chi connectivity index (χ1n) is 11.7. The molecule has 6 rings (SSSR count). The molecular weight excluding hydrogens is 428 g/mol. The Bertz CT molecular complexity index is 1330. The van der Waals surface area contributed by atoms with Crippen LogP contribution in [0.1, 0.15) is 19.8 Å². The van der Waals surface area contributed by atoms with Gasteiger partial charge in [0.25, 0.3) is 0 Å². The van der Waals surface area contributed by atoms with Crippen LogP contribution in [0.15, 0.2) is 61.1 Å². The Kier molecular flexibility index (Phi) is 5.03. The van der Waals surface area contributed by atoms with Crippen LogP contribution in [0.25, 0.3) is 16.9 Å². The largest absolute Gasteiger partial charge is 0.490 e. The lowest BCUT2D eigenvalue weighted by Gasteiger charge is -2.38. The first-order valence-corrected chi connectivity index (χ1v) is 11.7. The summed E-state index contributed by atoms with van der Waals surface area (Å²) in [6, 6.07) is 14.4. The van der Waals surface area contributed by atoms with Gasteiger partial charge in [-0.05, 0) is 62.2 Å². The topological polar surface area (TPSA) is 87.0 Å². The predicted molar refractivity (Wildman–Crippen MR) is 134 cm³/mol. The molecule has 1 atom stereocenters. The number of nitrogens with one attached hydrogen (secondary N) is 2. The Balaban J connectivity index is 1.29. The molecule has 0 radical (unpaired) electrons. The summed E-state index contributed by atoms with van der Waals surface area (Å²) < 4.78 is 7.70. The second-order valence-electron chi connectivity index (χ2n) is 9.31. The number of anilines is 4. The quantitative estimate of drug-likeness (QED) is 0.422. The number of benzene rings is 2. The summed E-state index contributed by atoms with van der Waals surface area (Å²) >= 11 is 0. The van der Waals surface area contributed by atoms with Crippen LogP contribution < -0.4 is 20.3 Å². The highest BCUT2D eigenvalue weighted by Crippen LogP contribution is 2.33. The third-order valence-electron chi connectivity index (χ3n) is 6.49. The van der Waals surface area contributed by atoms with Crippen molar-refractivity contribution in [3.8, 4) is 17.0 Å². The highest BCUT2D eigenvalue weighted by molar-refractivity contribution is 5.76. The number of fused-ring (bicyclic) bond motifs is 2. The molecule has 3 N–H and O–H groups in total. The maximum atomic E-state index is 10.4. The van der Waals surface area contributed by atoms with E-state index in [0.29, 0.717) is 19.0 Å². The molecule has 4 heterocycles. The van der Waals surface area contributed by atoms with E-state index in [1.165, 1.54) is 0 Å². The van der Waals surface area contributed by atoms with Crippen molar-refractivity contribution in [2.24, 2.45) is 0 Å². The van der Waals surface area contributed by atoms with Crippen molar-refractivity contribution in [2.75, 3.05) is 41.8 Å². The Labute approximate surface area is 198 Å². The van der Waals surface area contributed by atoms with Crippen LogP contribution >= 0.6 is 0 Å². The van der Waals surface area contributed by atoms with Crippen LogP contribution in [-0.2, 0) is 0 Å². The van der Waals surface area contributed by atoms with Crippen LogP contribution in [0.4, 0.5) is 22.9 Å². The molecule has 8 heteroatoms. The molecule has 0 amide bonds. The highest BCUT2D eigenvalue weighted by atomic mass is 16.5. The maximum absolute atomic E-state index is 10.4. The lowest BCUT2D eigenvalue weighted by molar-refractivity contribution is 0.0449. The molecule has 2 aromatic carbocycles. The second kappa shape index (κ2) is 8.22. The molecule has 1 fully saturated rings. The summed E-state index contributed by atoms with van der Waals surface area (Å²) in [4.78, 5) is 11.7. The molecule has 0 aliphatic carbocycles. The van der Waals surface area contributed by atoms with E-state index in [1.807, 2.05) is 48.0 Å². The molecule has 2 aliphatic rings. The van der Waals surface area contributed by atoms with Crippen LogP contribution in [0, 0.1) is 0 Å². The smallest absolute Gasteiger partial charge is 0.180 e. The van der Waals surface area contributed by atoms with Crippen LogP contribution in [0.3, 0.4) is 0 Å². The Morgan fingerprint density at radius 3 is 2.91 bits per heavy atom. The number of imidazole rings is 1. The summed E-state index contributed by atoms with van der Waals surface area (Å²) in [5, 5.41) is 17.3. The first-order chi connectivity index (χ1) is 16.5. The lowest BCUT2D eigenvalue weighted by atomic mass is 9.95. The molecule has 174 valence electrons. The van der Waals surface area contributed by atoms with E-state index in [-0.39, 0.29) is 0 Å². The number of nitrogens with zero attached hydrogens (tertiary/aromatic N) is 4. The number of ether oxygens (including phenoxy) is 1. The maximum Gasteiger partial charge on any atom is 0.180 e. The molecule has 0 spiro atoms. The highest BCUT2D eigenvalue weighted by Gasteiger charge is 2.28. The van der Waals surface area contributed by atoms with Gasteiger partial charge in [-0.25, -0.2) is 9.97 Å². The minimum Gasteiger partial charge on any atom is -0.490 e. The van der Waals surface area contributed by atoms with Crippen molar-refractivity contribution in [1.29, 1.82) is 0 Å². The molecule has 34 heavy (non-hydrogen) atoms. The number of rotatable bonds is 4. The van der Waals surface area contributed by atoms with Gasteiger partial charge in [0.15, 0.2) is 11.5 Å². The van der Waals surface area contributed by atoms with Gasteiger partial charge in [0.1, 0.15) is 12.4 Å². The number of hydrogen-bond donors (Lipinski definition) is 3. The second-order valence-corrected chi connectivity index (χ2v) is 9.31. The van der Waals surface area contributed by atoms with Crippen molar-refractivity contribution in [3.05, 3.63) is 61.1 Å². The zero-order valence-electron chi connectivity index (χ0n) is 19.2. The van der Waals surface area contributed by atoms with E-state index < -0.39 is 5.60 Å². The fourth-order valence-electron chi connectivity index (χ4n) is 4.79. The number of aromatic nitrogens is 3. The molecule has 4 aromatic rings. The molecule has 8 nitrogen and oxygen atoms in total. The minimum absolute atomic E-state index is 0.635. The van der Waals surface area contributed by atoms with Crippen molar-refractivity contribution < 1.29 is 9.84 Å². The Hall–Kier alpha value is -3.78. The molecule has 2 aliphatic heterocycles. The summed E-state index contributed by atoms with van der Waals surface area (Å²) in [6.45, 7) is 4.99. The predicted octanol–water partition coefficient (Wildman–Crippen LogP) is 4.30. The third kappa shape index (κ3) is 4.01. The molecule has 2 aromatic heterocycles. The van der Waals surface area contributed by atoms with Gasteiger partial charge in [-0.1, -0.05) is 0 Å². The molecule has 0 bridgehead atoms. The first kappa shape index (κ1) is 20.8. The zero-order valence-corrected chi connectivity index (χ0v) is 19.2.